The van der Waals surface area contributed by atoms with Gasteiger partial charge in [0.2, 0.25) is 0 Å². The van der Waals surface area contributed by atoms with Crippen LogP contribution in [0.15, 0.2) is 11.1 Å². The zero-order chi connectivity index (χ0) is 6.85. The Morgan fingerprint density at radius 1 is 1.89 bits per heavy atom. The molecule has 1 aliphatic rings. The van der Waals surface area contributed by atoms with Crippen molar-refractivity contribution in [1.82, 2.24) is 0 Å². The topological polar surface area (TPSA) is 17.1 Å². The van der Waals surface area contributed by atoms with E-state index in [1.165, 1.54) is 0 Å². The Hall–Kier alpha value is -0.300. The van der Waals surface area contributed by atoms with Gasteiger partial charge >= 0.3 is 0 Å². The van der Waals surface area contributed by atoms with Crippen LogP contribution in [-0.4, -0.2) is 5.78 Å². The molecular formula is C7H9ClO. The average molecular weight is 145 g/mol. The fourth-order valence-corrected chi connectivity index (χ4v) is 1.44. The molecule has 1 rings (SSSR count). The molecule has 0 N–H and O–H groups in total. The van der Waals surface area contributed by atoms with E-state index in [4.69, 9.17) is 11.6 Å². The van der Waals surface area contributed by atoms with Gasteiger partial charge in [0.05, 0.1) is 5.92 Å². The van der Waals surface area contributed by atoms with Crippen molar-refractivity contribution in [1.29, 1.82) is 0 Å². The Bertz CT molecular complexity index is 160. The zero-order valence-corrected chi connectivity index (χ0v) is 6.11. The second kappa shape index (κ2) is 2.53. The number of carbonyl (C=O) groups excluding carboxylic acids is 1. The summed E-state index contributed by atoms with van der Waals surface area (Å²) in [6, 6.07) is 0. The highest BCUT2D eigenvalue weighted by molar-refractivity contribution is 6.31. The van der Waals surface area contributed by atoms with Crippen LogP contribution in [0.1, 0.15) is 19.8 Å². The largest absolute Gasteiger partial charge is 0.299 e. The maximum Gasteiger partial charge on any atom is 0.138 e. The Morgan fingerprint density at radius 2 is 2.56 bits per heavy atom. The first-order chi connectivity index (χ1) is 4.22. The van der Waals surface area contributed by atoms with Gasteiger partial charge in [0.1, 0.15) is 5.78 Å². The van der Waals surface area contributed by atoms with E-state index in [0.29, 0.717) is 0 Å². The zero-order valence-electron chi connectivity index (χ0n) is 5.36. The molecule has 0 bridgehead atoms. The highest BCUT2D eigenvalue weighted by Crippen LogP contribution is 2.28. The molecule has 0 saturated heterocycles. The second-order valence-electron chi connectivity index (χ2n) is 2.33. The number of allylic oxidation sites excluding steroid dienone is 2. The molecule has 0 radical (unpaired) electrons. The maximum atomic E-state index is 10.7. The number of hydrogen-bond donors (Lipinski definition) is 0. The fourth-order valence-electron chi connectivity index (χ4n) is 1.07. The van der Waals surface area contributed by atoms with Crippen LogP contribution in [0.25, 0.3) is 0 Å². The molecule has 0 aromatic heterocycles. The molecule has 1 unspecified atom stereocenters. The summed E-state index contributed by atoms with van der Waals surface area (Å²) in [5.41, 5.74) is 0. The van der Waals surface area contributed by atoms with Gasteiger partial charge in [-0.15, -0.1) is 0 Å². The van der Waals surface area contributed by atoms with Crippen molar-refractivity contribution in [2.45, 2.75) is 19.8 Å². The van der Waals surface area contributed by atoms with Crippen molar-refractivity contribution in [3.05, 3.63) is 11.1 Å². The lowest BCUT2D eigenvalue weighted by atomic mass is 10.1. The van der Waals surface area contributed by atoms with Crippen LogP contribution in [0.3, 0.4) is 0 Å². The number of rotatable bonds is 1. The third-order valence-corrected chi connectivity index (χ3v) is 2.04. The van der Waals surface area contributed by atoms with Crippen molar-refractivity contribution in [3.63, 3.8) is 0 Å². The smallest absolute Gasteiger partial charge is 0.138 e. The first-order valence-electron chi connectivity index (χ1n) is 3.08. The summed E-state index contributed by atoms with van der Waals surface area (Å²) in [5, 5.41) is 0.738. The SMILES string of the molecule is CC(=O)C1CCC=C1Cl. The van der Waals surface area contributed by atoms with Crippen LogP contribution in [0, 0.1) is 5.92 Å². The van der Waals surface area contributed by atoms with Crippen molar-refractivity contribution >= 4 is 17.4 Å². The highest BCUT2D eigenvalue weighted by atomic mass is 35.5. The van der Waals surface area contributed by atoms with Crippen LogP contribution in [-0.2, 0) is 4.79 Å². The Kier molecular flexibility index (Phi) is 1.91. The van der Waals surface area contributed by atoms with Crippen molar-refractivity contribution in [2.75, 3.05) is 0 Å². The summed E-state index contributed by atoms with van der Waals surface area (Å²) in [4.78, 5) is 10.7. The third-order valence-electron chi connectivity index (χ3n) is 1.62. The summed E-state index contributed by atoms with van der Waals surface area (Å²) in [6.45, 7) is 1.59. The van der Waals surface area contributed by atoms with E-state index in [2.05, 4.69) is 0 Å². The molecule has 0 heterocycles. The molecule has 1 aliphatic carbocycles. The Labute approximate surface area is 59.7 Å². The molecule has 9 heavy (non-hydrogen) atoms. The van der Waals surface area contributed by atoms with E-state index in [9.17, 15) is 4.79 Å². The van der Waals surface area contributed by atoms with Gasteiger partial charge in [0.15, 0.2) is 0 Å². The summed E-state index contributed by atoms with van der Waals surface area (Å²) in [6.07, 6.45) is 3.80. The minimum absolute atomic E-state index is 0.0201. The van der Waals surface area contributed by atoms with Crippen molar-refractivity contribution < 1.29 is 4.79 Å². The van der Waals surface area contributed by atoms with Crippen LogP contribution in [0.5, 0.6) is 0 Å². The molecule has 2 heteroatoms. The standard InChI is InChI=1S/C7H9ClO/c1-5(9)6-3-2-4-7(6)8/h4,6H,2-3H2,1H3. The molecule has 0 amide bonds. The monoisotopic (exact) mass is 144 g/mol. The van der Waals surface area contributed by atoms with Gasteiger partial charge in [0.25, 0.3) is 0 Å². The van der Waals surface area contributed by atoms with Gasteiger partial charge in [-0.2, -0.15) is 0 Å². The van der Waals surface area contributed by atoms with Gasteiger partial charge in [-0.05, 0) is 19.8 Å². The van der Waals surface area contributed by atoms with Gasteiger partial charge < -0.3 is 0 Å². The van der Waals surface area contributed by atoms with E-state index >= 15 is 0 Å². The molecule has 0 spiro atoms. The van der Waals surface area contributed by atoms with E-state index < -0.39 is 0 Å². The number of hydrogen-bond acceptors (Lipinski definition) is 1. The molecule has 1 atom stereocenters. The molecule has 0 saturated carbocycles. The number of Topliss-reactive ketones (excluding diaryl/α,β-unsaturated/α-hetero) is 1. The van der Waals surface area contributed by atoms with Gasteiger partial charge in [-0.25, -0.2) is 0 Å². The van der Waals surface area contributed by atoms with E-state index in [-0.39, 0.29) is 11.7 Å². The average Bonchev–Trinajstić information content (AvgIpc) is 2.13. The summed E-state index contributed by atoms with van der Waals surface area (Å²) in [7, 11) is 0. The Balaban J connectivity index is 2.63. The molecule has 0 fully saturated rings. The first kappa shape index (κ1) is 6.81. The van der Waals surface area contributed by atoms with Crippen LogP contribution in [0.2, 0.25) is 0 Å². The summed E-state index contributed by atoms with van der Waals surface area (Å²) >= 11 is 5.71. The predicted molar refractivity (Wildman–Crippen MR) is 37.3 cm³/mol. The number of halogens is 1. The fraction of sp³-hybridized carbons (Fsp3) is 0.571. The van der Waals surface area contributed by atoms with Crippen LogP contribution >= 0.6 is 11.6 Å². The molecule has 1 nitrogen and oxygen atoms in total. The minimum Gasteiger partial charge on any atom is -0.299 e. The lowest BCUT2D eigenvalue weighted by molar-refractivity contribution is -0.119. The van der Waals surface area contributed by atoms with E-state index in [1.54, 1.807) is 6.92 Å². The van der Waals surface area contributed by atoms with Crippen LogP contribution in [0.4, 0.5) is 0 Å². The van der Waals surface area contributed by atoms with E-state index in [1.807, 2.05) is 6.08 Å². The first-order valence-corrected chi connectivity index (χ1v) is 3.45. The van der Waals surface area contributed by atoms with Crippen molar-refractivity contribution in [2.24, 2.45) is 5.92 Å². The maximum absolute atomic E-state index is 10.7. The van der Waals surface area contributed by atoms with E-state index in [0.717, 1.165) is 17.9 Å². The number of carbonyl (C=O) groups is 1. The van der Waals surface area contributed by atoms with Gasteiger partial charge in [-0.1, -0.05) is 17.7 Å². The lowest BCUT2D eigenvalue weighted by Crippen LogP contribution is -2.06. The minimum atomic E-state index is 0.0201. The normalized spacial score (nSPS) is 26.0. The van der Waals surface area contributed by atoms with Gasteiger partial charge in [-0.3, -0.25) is 4.79 Å². The van der Waals surface area contributed by atoms with Crippen molar-refractivity contribution in [3.8, 4) is 0 Å². The highest BCUT2D eigenvalue weighted by Gasteiger charge is 2.20. The summed E-state index contributed by atoms with van der Waals surface area (Å²) in [5.74, 6) is 0.209. The third kappa shape index (κ3) is 1.33. The van der Waals surface area contributed by atoms with Gasteiger partial charge in [0, 0.05) is 5.03 Å². The molecule has 0 aromatic carbocycles. The Morgan fingerprint density at radius 3 is 2.78 bits per heavy atom. The number of ketones is 1. The second-order valence-corrected chi connectivity index (χ2v) is 2.77. The quantitative estimate of drug-likeness (QED) is 0.551. The van der Waals surface area contributed by atoms with Crippen LogP contribution < -0.4 is 0 Å². The lowest BCUT2D eigenvalue weighted by Gasteiger charge is -2.02. The summed E-state index contributed by atoms with van der Waals surface area (Å²) < 4.78 is 0. The molecule has 0 aliphatic heterocycles. The predicted octanol–water partition coefficient (Wildman–Crippen LogP) is 2.11. The molecule has 0 aromatic rings. The molecular weight excluding hydrogens is 136 g/mol. The molecule has 50 valence electrons.